The second-order valence-electron chi connectivity index (χ2n) is 3.13. The Kier molecular flexibility index (Phi) is 3.67. The van der Waals surface area contributed by atoms with Crippen molar-refractivity contribution in [1.82, 2.24) is 9.97 Å². The van der Waals surface area contributed by atoms with Gasteiger partial charge in [-0.2, -0.15) is 4.98 Å². The number of aromatic nitrogens is 2. The van der Waals surface area contributed by atoms with Crippen molar-refractivity contribution in [2.24, 2.45) is 0 Å². The Labute approximate surface area is 119 Å². The van der Waals surface area contributed by atoms with Crippen LogP contribution in [0.2, 0.25) is 0 Å². The zero-order valence-electron chi connectivity index (χ0n) is 8.41. The van der Waals surface area contributed by atoms with Crippen molar-refractivity contribution in [3.05, 3.63) is 42.7 Å². The van der Waals surface area contributed by atoms with Gasteiger partial charge in [0.2, 0.25) is 11.8 Å². The van der Waals surface area contributed by atoms with Crippen molar-refractivity contribution in [3.8, 4) is 11.6 Å². The van der Waals surface area contributed by atoms with Crippen LogP contribution in [0.5, 0.6) is 11.6 Å². The third kappa shape index (κ3) is 2.97. The first-order chi connectivity index (χ1) is 8.06. The summed E-state index contributed by atoms with van der Waals surface area (Å²) in [5.74, 6) is 0.745. The molecule has 2 rings (SSSR count). The molecule has 17 heavy (non-hydrogen) atoms. The first-order valence-corrected chi connectivity index (χ1v) is 6.42. The normalized spacial score (nSPS) is 10.2. The van der Waals surface area contributed by atoms with E-state index in [0.717, 1.165) is 3.57 Å². The molecule has 0 aliphatic carbocycles. The quantitative estimate of drug-likeness (QED) is 0.749. The lowest BCUT2D eigenvalue weighted by atomic mass is 10.3. The van der Waals surface area contributed by atoms with E-state index in [0.29, 0.717) is 5.75 Å². The lowest BCUT2D eigenvalue weighted by Crippen LogP contribution is -2.12. The SMILES string of the molecule is Nc1nc(Oc2ccc(I)cc2)c(Br)c(=O)[nH]1. The maximum Gasteiger partial charge on any atom is 0.270 e. The van der Waals surface area contributed by atoms with Crippen molar-refractivity contribution in [1.29, 1.82) is 0 Å². The molecule has 7 heteroatoms. The Morgan fingerprint density at radius 3 is 2.65 bits per heavy atom. The third-order valence-corrected chi connectivity index (χ3v) is 3.30. The molecular formula is C10H7BrIN3O2. The van der Waals surface area contributed by atoms with E-state index >= 15 is 0 Å². The van der Waals surface area contributed by atoms with Crippen LogP contribution in [0, 0.1) is 3.57 Å². The molecule has 0 unspecified atom stereocenters. The van der Waals surface area contributed by atoms with Crippen LogP contribution in [-0.2, 0) is 0 Å². The Morgan fingerprint density at radius 2 is 2.00 bits per heavy atom. The molecule has 0 fully saturated rings. The van der Waals surface area contributed by atoms with E-state index in [2.05, 4.69) is 48.5 Å². The standard InChI is InChI=1S/C10H7BrIN3O2/c11-7-8(16)14-10(13)15-9(7)17-6-3-1-5(12)2-4-6/h1-4H,(H3,13,14,15,16). The number of nitrogens with zero attached hydrogens (tertiary/aromatic N) is 1. The van der Waals surface area contributed by atoms with Gasteiger partial charge < -0.3 is 10.5 Å². The molecule has 0 saturated heterocycles. The number of halogens is 2. The maximum absolute atomic E-state index is 11.4. The van der Waals surface area contributed by atoms with Crippen molar-refractivity contribution in [2.75, 3.05) is 5.73 Å². The van der Waals surface area contributed by atoms with Gasteiger partial charge in [0.05, 0.1) is 0 Å². The number of H-pyrrole nitrogens is 1. The van der Waals surface area contributed by atoms with Crippen molar-refractivity contribution >= 4 is 44.5 Å². The molecule has 0 aliphatic heterocycles. The Hall–Kier alpha value is -1.09. The molecule has 2 aromatic rings. The summed E-state index contributed by atoms with van der Waals surface area (Å²) in [6, 6.07) is 7.35. The minimum Gasteiger partial charge on any atom is -0.438 e. The largest absolute Gasteiger partial charge is 0.438 e. The van der Waals surface area contributed by atoms with E-state index in [1.165, 1.54) is 0 Å². The van der Waals surface area contributed by atoms with E-state index in [1.807, 2.05) is 12.1 Å². The number of benzene rings is 1. The number of ether oxygens (including phenoxy) is 1. The zero-order valence-corrected chi connectivity index (χ0v) is 12.1. The highest BCUT2D eigenvalue weighted by molar-refractivity contribution is 14.1. The Bertz CT molecular complexity index is 597. The molecule has 88 valence electrons. The summed E-state index contributed by atoms with van der Waals surface area (Å²) >= 11 is 5.29. The highest BCUT2D eigenvalue weighted by Gasteiger charge is 2.09. The molecule has 0 atom stereocenters. The molecule has 0 radical (unpaired) electrons. The number of hydrogen-bond donors (Lipinski definition) is 2. The summed E-state index contributed by atoms with van der Waals surface area (Å²) in [5, 5.41) is 0. The minimum absolute atomic E-state index is 0.0127. The van der Waals surface area contributed by atoms with Crippen molar-refractivity contribution < 1.29 is 4.74 Å². The van der Waals surface area contributed by atoms with Crippen LogP contribution in [0.15, 0.2) is 33.5 Å². The number of hydrogen-bond acceptors (Lipinski definition) is 4. The fourth-order valence-corrected chi connectivity index (χ4v) is 1.76. The highest BCUT2D eigenvalue weighted by atomic mass is 127. The van der Waals surface area contributed by atoms with Crippen LogP contribution in [0.4, 0.5) is 5.95 Å². The smallest absolute Gasteiger partial charge is 0.270 e. The summed E-state index contributed by atoms with van der Waals surface area (Å²) in [6.07, 6.45) is 0. The number of nitrogens with one attached hydrogen (secondary N) is 1. The molecular weight excluding hydrogens is 401 g/mol. The Balaban J connectivity index is 2.36. The topological polar surface area (TPSA) is 81.0 Å². The van der Waals surface area contributed by atoms with Crippen LogP contribution in [-0.4, -0.2) is 9.97 Å². The van der Waals surface area contributed by atoms with Gasteiger partial charge in [-0.3, -0.25) is 9.78 Å². The lowest BCUT2D eigenvalue weighted by Gasteiger charge is -2.06. The lowest BCUT2D eigenvalue weighted by molar-refractivity contribution is 0.458. The van der Waals surface area contributed by atoms with Gasteiger partial charge >= 0.3 is 0 Å². The predicted octanol–water partition coefficient (Wildman–Crippen LogP) is 2.51. The second kappa shape index (κ2) is 5.05. The fourth-order valence-electron chi connectivity index (χ4n) is 1.14. The molecule has 5 nitrogen and oxygen atoms in total. The molecule has 0 bridgehead atoms. The summed E-state index contributed by atoms with van der Waals surface area (Å²) < 4.78 is 6.77. The van der Waals surface area contributed by atoms with Crippen molar-refractivity contribution in [2.45, 2.75) is 0 Å². The molecule has 1 heterocycles. The van der Waals surface area contributed by atoms with Gasteiger partial charge in [-0.15, -0.1) is 0 Å². The van der Waals surface area contributed by atoms with Gasteiger partial charge in [0, 0.05) is 3.57 Å². The number of nitrogen functional groups attached to an aromatic ring is 1. The van der Waals surface area contributed by atoms with Gasteiger partial charge in [0.1, 0.15) is 10.2 Å². The molecule has 0 saturated carbocycles. The molecule has 0 amide bonds. The van der Waals surface area contributed by atoms with Crippen LogP contribution >= 0.6 is 38.5 Å². The molecule has 0 spiro atoms. The van der Waals surface area contributed by atoms with Crippen molar-refractivity contribution in [3.63, 3.8) is 0 Å². The summed E-state index contributed by atoms with van der Waals surface area (Å²) in [4.78, 5) is 17.7. The van der Waals surface area contributed by atoms with Gasteiger partial charge in [0.15, 0.2) is 0 Å². The number of rotatable bonds is 2. The first kappa shape index (κ1) is 12.4. The first-order valence-electron chi connectivity index (χ1n) is 4.55. The van der Waals surface area contributed by atoms with Gasteiger partial charge in [0.25, 0.3) is 5.56 Å². The maximum atomic E-state index is 11.4. The van der Waals surface area contributed by atoms with Crippen LogP contribution in [0.1, 0.15) is 0 Å². The monoisotopic (exact) mass is 407 g/mol. The highest BCUT2D eigenvalue weighted by Crippen LogP contribution is 2.25. The van der Waals surface area contributed by atoms with E-state index in [-0.39, 0.29) is 21.9 Å². The molecule has 1 aromatic carbocycles. The van der Waals surface area contributed by atoms with E-state index in [4.69, 9.17) is 10.5 Å². The predicted molar refractivity (Wildman–Crippen MR) is 76.2 cm³/mol. The average Bonchev–Trinajstić information content (AvgIpc) is 2.28. The average molecular weight is 408 g/mol. The Morgan fingerprint density at radius 1 is 1.35 bits per heavy atom. The number of aromatic amines is 1. The van der Waals surface area contributed by atoms with E-state index in [9.17, 15) is 4.79 Å². The molecule has 1 aromatic heterocycles. The van der Waals surface area contributed by atoms with Crippen LogP contribution in [0.25, 0.3) is 0 Å². The molecule has 0 aliphatic rings. The summed E-state index contributed by atoms with van der Waals surface area (Å²) in [6.45, 7) is 0. The number of anilines is 1. The van der Waals surface area contributed by atoms with Crippen LogP contribution < -0.4 is 16.0 Å². The zero-order chi connectivity index (χ0) is 12.4. The summed E-state index contributed by atoms with van der Waals surface area (Å²) in [7, 11) is 0. The van der Waals surface area contributed by atoms with Gasteiger partial charge in [-0.25, -0.2) is 0 Å². The minimum atomic E-state index is -0.377. The summed E-state index contributed by atoms with van der Waals surface area (Å²) in [5.41, 5.74) is 5.06. The van der Waals surface area contributed by atoms with E-state index < -0.39 is 0 Å². The van der Waals surface area contributed by atoms with E-state index in [1.54, 1.807) is 12.1 Å². The third-order valence-electron chi connectivity index (χ3n) is 1.88. The molecule has 3 N–H and O–H groups in total. The number of nitrogens with two attached hydrogens (primary N) is 1. The van der Waals surface area contributed by atoms with Gasteiger partial charge in [-0.1, -0.05) is 0 Å². The van der Waals surface area contributed by atoms with Gasteiger partial charge in [-0.05, 0) is 62.8 Å². The van der Waals surface area contributed by atoms with Crippen LogP contribution in [0.3, 0.4) is 0 Å². The second-order valence-corrected chi connectivity index (χ2v) is 5.16. The fraction of sp³-hybridized carbons (Fsp3) is 0.